The molecule has 8 heteroatoms. The molecular weight excluding hydrogens is 351 g/mol. The topological polar surface area (TPSA) is 89.2 Å². The van der Waals surface area contributed by atoms with Gasteiger partial charge in [-0.15, -0.1) is 0 Å². The number of anilines is 1. The Balaban J connectivity index is 1.68. The summed E-state index contributed by atoms with van der Waals surface area (Å²) in [5, 5.41) is 9.45. The second kappa shape index (κ2) is 7.86. The van der Waals surface area contributed by atoms with Gasteiger partial charge in [-0.1, -0.05) is 0 Å². The van der Waals surface area contributed by atoms with E-state index >= 15 is 0 Å². The second-order valence-electron chi connectivity index (χ2n) is 6.07. The Bertz CT molecular complexity index is 933. The molecule has 0 bridgehead atoms. The molecular formula is C19H19FN4O3. The predicted octanol–water partition coefficient (Wildman–Crippen LogP) is 2.58. The molecule has 2 heterocycles. The number of carbonyl (C=O) groups is 2. The molecule has 27 heavy (non-hydrogen) atoms. The number of aryl methyl sites for hydroxylation is 2. The highest BCUT2D eigenvalue weighted by Gasteiger charge is 2.22. The van der Waals surface area contributed by atoms with E-state index in [4.69, 9.17) is 4.42 Å². The van der Waals surface area contributed by atoms with Crippen molar-refractivity contribution in [3.05, 3.63) is 71.7 Å². The molecule has 0 aliphatic heterocycles. The van der Waals surface area contributed by atoms with Crippen molar-refractivity contribution in [2.24, 2.45) is 0 Å². The Morgan fingerprint density at radius 1 is 1.19 bits per heavy atom. The average molecular weight is 370 g/mol. The van der Waals surface area contributed by atoms with E-state index in [0.29, 0.717) is 11.4 Å². The Morgan fingerprint density at radius 3 is 2.52 bits per heavy atom. The number of nitrogens with zero attached hydrogens (tertiary/aromatic N) is 2. The van der Waals surface area contributed by atoms with Gasteiger partial charge >= 0.3 is 11.8 Å². The van der Waals surface area contributed by atoms with E-state index in [9.17, 15) is 14.0 Å². The van der Waals surface area contributed by atoms with Gasteiger partial charge in [0.2, 0.25) is 0 Å². The average Bonchev–Trinajstić information content (AvgIpc) is 3.27. The number of carbonyl (C=O) groups excluding carboxylic acids is 2. The van der Waals surface area contributed by atoms with Crippen LogP contribution in [0, 0.1) is 19.7 Å². The van der Waals surface area contributed by atoms with Crippen LogP contribution < -0.4 is 10.6 Å². The van der Waals surface area contributed by atoms with Crippen molar-refractivity contribution < 1.29 is 18.4 Å². The molecule has 2 N–H and O–H groups in total. The lowest BCUT2D eigenvalue weighted by Gasteiger charge is -2.18. The number of amides is 2. The summed E-state index contributed by atoms with van der Waals surface area (Å²) in [5.41, 5.74) is 2.07. The summed E-state index contributed by atoms with van der Waals surface area (Å²) in [6.07, 6.45) is 1.54. The third-order valence-corrected chi connectivity index (χ3v) is 3.98. The van der Waals surface area contributed by atoms with Crippen LogP contribution in [0.2, 0.25) is 0 Å². The standard InChI is InChI=1S/C19H19FN4O3/c1-12-10-13(2)24(23-12)16(17-4-3-9-27-17)11-21-18(25)19(26)22-15-7-5-14(20)6-8-15/h3-10,16H,11H2,1-2H3,(H,21,25)(H,22,26). The smallest absolute Gasteiger partial charge is 0.313 e. The number of halogens is 1. The van der Waals surface area contributed by atoms with Crippen molar-refractivity contribution >= 4 is 17.5 Å². The number of hydrogen-bond donors (Lipinski definition) is 2. The SMILES string of the molecule is Cc1cc(C)n(C(CNC(=O)C(=O)Nc2ccc(F)cc2)c2ccco2)n1. The number of furan rings is 1. The summed E-state index contributed by atoms with van der Waals surface area (Å²) in [7, 11) is 0. The largest absolute Gasteiger partial charge is 0.467 e. The van der Waals surface area contributed by atoms with Gasteiger partial charge < -0.3 is 15.1 Å². The molecule has 0 aliphatic rings. The van der Waals surface area contributed by atoms with Gasteiger partial charge in [0, 0.05) is 17.9 Å². The van der Waals surface area contributed by atoms with Gasteiger partial charge in [0.05, 0.1) is 12.0 Å². The molecule has 0 spiro atoms. The van der Waals surface area contributed by atoms with E-state index in [1.54, 1.807) is 16.8 Å². The lowest BCUT2D eigenvalue weighted by atomic mass is 10.2. The van der Waals surface area contributed by atoms with Gasteiger partial charge in [-0.05, 0) is 56.3 Å². The van der Waals surface area contributed by atoms with E-state index < -0.39 is 23.7 Å². The minimum absolute atomic E-state index is 0.116. The highest BCUT2D eigenvalue weighted by molar-refractivity contribution is 6.39. The maximum atomic E-state index is 12.9. The zero-order valence-electron chi connectivity index (χ0n) is 14.9. The van der Waals surface area contributed by atoms with E-state index in [-0.39, 0.29) is 6.54 Å². The van der Waals surface area contributed by atoms with Crippen molar-refractivity contribution in [1.29, 1.82) is 0 Å². The number of nitrogens with one attached hydrogen (secondary N) is 2. The van der Waals surface area contributed by atoms with Crippen molar-refractivity contribution in [1.82, 2.24) is 15.1 Å². The van der Waals surface area contributed by atoms with Gasteiger partial charge in [-0.3, -0.25) is 14.3 Å². The Hall–Kier alpha value is -3.42. The van der Waals surface area contributed by atoms with Gasteiger partial charge in [0.1, 0.15) is 17.6 Å². The molecule has 0 saturated carbocycles. The fraction of sp³-hybridized carbons (Fsp3) is 0.211. The van der Waals surface area contributed by atoms with Crippen LogP contribution in [0.3, 0.4) is 0 Å². The van der Waals surface area contributed by atoms with Gasteiger partial charge in [0.25, 0.3) is 0 Å². The van der Waals surface area contributed by atoms with Crippen molar-refractivity contribution in [3.8, 4) is 0 Å². The fourth-order valence-electron chi connectivity index (χ4n) is 2.74. The minimum Gasteiger partial charge on any atom is -0.467 e. The Kier molecular flexibility index (Phi) is 5.35. The van der Waals surface area contributed by atoms with E-state index in [0.717, 1.165) is 11.4 Å². The number of rotatable bonds is 5. The van der Waals surface area contributed by atoms with E-state index in [1.807, 2.05) is 19.9 Å². The van der Waals surface area contributed by atoms with Gasteiger partial charge in [0.15, 0.2) is 0 Å². The molecule has 1 atom stereocenters. The van der Waals surface area contributed by atoms with Crippen LogP contribution in [0.25, 0.3) is 0 Å². The molecule has 0 radical (unpaired) electrons. The summed E-state index contributed by atoms with van der Waals surface area (Å²) in [5.74, 6) is -1.46. The van der Waals surface area contributed by atoms with E-state index in [2.05, 4.69) is 15.7 Å². The monoisotopic (exact) mass is 370 g/mol. The fourth-order valence-corrected chi connectivity index (χ4v) is 2.74. The molecule has 7 nitrogen and oxygen atoms in total. The predicted molar refractivity (Wildman–Crippen MR) is 96.6 cm³/mol. The highest BCUT2D eigenvalue weighted by Crippen LogP contribution is 2.20. The van der Waals surface area contributed by atoms with Crippen molar-refractivity contribution in [2.75, 3.05) is 11.9 Å². The maximum Gasteiger partial charge on any atom is 0.313 e. The molecule has 0 fully saturated rings. The van der Waals surface area contributed by atoms with Crippen molar-refractivity contribution in [2.45, 2.75) is 19.9 Å². The molecule has 1 aromatic carbocycles. The first-order chi connectivity index (χ1) is 12.9. The highest BCUT2D eigenvalue weighted by atomic mass is 19.1. The molecule has 3 rings (SSSR count). The molecule has 2 aromatic heterocycles. The van der Waals surface area contributed by atoms with Crippen LogP contribution in [0.4, 0.5) is 10.1 Å². The molecule has 1 unspecified atom stereocenters. The first kappa shape index (κ1) is 18.4. The summed E-state index contributed by atoms with van der Waals surface area (Å²) in [6.45, 7) is 3.89. The zero-order chi connectivity index (χ0) is 19.4. The summed E-state index contributed by atoms with van der Waals surface area (Å²) < 4.78 is 20.1. The van der Waals surface area contributed by atoms with Gasteiger partial charge in [-0.25, -0.2) is 4.39 Å². The van der Waals surface area contributed by atoms with Crippen LogP contribution >= 0.6 is 0 Å². The summed E-state index contributed by atoms with van der Waals surface area (Å²) in [4.78, 5) is 24.2. The summed E-state index contributed by atoms with van der Waals surface area (Å²) in [6, 6.07) is 10.2. The zero-order valence-corrected chi connectivity index (χ0v) is 14.9. The molecule has 140 valence electrons. The number of aromatic nitrogens is 2. The maximum absolute atomic E-state index is 12.9. The number of hydrogen-bond acceptors (Lipinski definition) is 4. The number of benzene rings is 1. The van der Waals surface area contributed by atoms with Crippen LogP contribution in [0.5, 0.6) is 0 Å². The first-order valence-corrected chi connectivity index (χ1v) is 8.35. The van der Waals surface area contributed by atoms with Crippen LogP contribution in [0.1, 0.15) is 23.2 Å². The molecule has 0 aliphatic carbocycles. The molecule has 3 aromatic rings. The third kappa shape index (κ3) is 4.41. The van der Waals surface area contributed by atoms with Crippen LogP contribution in [-0.4, -0.2) is 28.1 Å². The minimum atomic E-state index is -0.840. The Labute approximate surface area is 155 Å². The van der Waals surface area contributed by atoms with E-state index in [1.165, 1.54) is 30.5 Å². The summed E-state index contributed by atoms with van der Waals surface area (Å²) >= 11 is 0. The second-order valence-corrected chi connectivity index (χ2v) is 6.07. The lowest BCUT2D eigenvalue weighted by Crippen LogP contribution is -2.39. The molecule has 0 saturated heterocycles. The Morgan fingerprint density at radius 2 is 1.93 bits per heavy atom. The normalized spacial score (nSPS) is 11.8. The molecule has 2 amide bonds. The van der Waals surface area contributed by atoms with Crippen molar-refractivity contribution in [3.63, 3.8) is 0 Å². The van der Waals surface area contributed by atoms with Crippen LogP contribution in [-0.2, 0) is 9.59 Å². The third-order valence-electron chi connectivity index (χ3n) is 3.98. The quantitative estimate of drug-likeness (QED) is 0.676. The first-order valence-electron chi connectivity index (χ1n) is 8.35. The van der Waals surface area contributed by atoms with Crippen LogP contribution in [0.15, 0.2) is 53.1 Å². The van der Waals surface area contributed by atoms with Gasteiger partial charge in [-0.2, -0.15) is 5.10 Å². The lowest BCUT2D eigenvalue weighted by molar-refractivity contribution is -0.136.